The molecular formula is C22H25N5O2S. The summed E-state index contributed by atoms with van der Waals surface area (Å²) in [6.45, 7) is 7.94. The van der Waals surface area contributed by atoms with Crippen molar-refractivity contribution in [1.29, 1.82) is 0 Å². The fourth-order valence-electron chi connectivity index (χ4n) is 3.35. The number of hydrogen-bond donors (Lipinski definition) is 3. The third-order valence-corrected chi connectivity index (χ3v) is 6.09. The highest BCUT2D eigenvalue weighted by atomic mass is 32.2. The summed E-state index contributed by atoms with van der Waals surface area (Å²) in [5, 5.41) is 2.63. The van der Waals surface area contributed by atoms with E-state index in [0.29, 0.717) is 39.6 Å². The predicted molar refractivity (Wildman–Crippen MR) is 123 cm³/mol. The molecule has 1 unspecified atom stereocenters. The van der Waals surface area contributed by atoms with Gasteiger partial charge in [-0.15, -0.1) is 11.8 Å². The molecule has 2 aromatic rings. The van der Waals surface area contributed by atoms with E-state index < -0.39 is 0 Å². The molecule has 1 aromatic heterocycles. The molecular weight excluding hydrogens is 398 g/mol. The minimum Gasteiger partial charge on any atom is -0.393 e. The summed E-state index contributed by atoms with van der Waals surface area (Å²) in [6.07, 6.45) is 0.595. The first-order valence-corrected chi connectivity index (χ1v) is 10.5. The number of thioether (sulfide) groups is 1. The molecule has 3 rings (SSSR count). The number of dihydropyridines is 1. The van der Waals surface area contributed by atoms with Crippen LogP contribution in [0.1, 0.15) is 18.2 Å². The van der Waals surface area contributed by atoms with E-state index in [1.807, 2.05) is 50.2 Å². The van der Waals surface area contributed by atoms with Crippen LogP contribution in [-0.4, -0.2) is 29.4 Å². The number of pyridine rings is 1. The number of benzene rings is 1. The number of nitrogen functional groups attached to an aromatic ring is 1. The minimum absolute atomic E-state index is 0.147. The summed E-state index contributed by atoms with van der Waals surface area (Å²) in [5.41, 5.74) is 15.8. The number of anilines is 1. The normalized spacial score (nSPS) is 16.4. The van der Waals surface area contributed by atoms with Gasteiger partial charge in [0.2, 0.25) is 6.41 Å². The molecule has 2 heterocycles. The maximum atomic E-state index is 13.2. The smallest absolute Gasteiger partial charge is 0.279 e. The lowest BCUT2D eigenvalue weighted by Gasteiger charge is -2.27. The van der Waals surface area contributed by atoms with Crippen LogP contribution in [0.4, 0.5) is 5.69 Å². The first kappa shape index (κ1) is 21.4. The van der Waals surface area contributed by atoms with Crippen LogP contribution < -0.4 is 22.3 Å². The predicted octanol–water partition coefficient (Wildman–Crippen LogP) is 2.30. The Balaban J connectivity index is 2.07. The van der Waals surface area contributed by atoms with Gasteiger partial charge in [-0.25, -0.2) is 0 Å². The number of aliphatic imine (C=N–C) groups is 1. The second-order valence-electron chi connectivity index (χ2n) is 7.02. The zero-order valence-electron chi connectivity index (χ0n) is 17.0. The molecule has 0 spiro atoms. The van der Waals surface area contributed by atoms with Gasteiger partial charge in [0.1, 0.15) is 11.5 Å². The molecule has 7 nitrogen and oxygen atoms in total. The van der Waals surface area contributed by atoms with Crippen LogP contribution >= 0.6 is 11.8 Å². The second kappa shape index (κ2) is 9.04. The Morgan fingerprint density at radius 3 is 2.67 bits per heavy atom. The molecule has 30 heavy (non-hydrogen) atoms. The summed E-state index contributed by atoms with van der Waals surface area (Å²) in [4.78, 5) is 29.2. The lowest BCUT2D eigenvalue weighted by molar-refractivity contribution is -0.109. The topological polar surface area (TPSA) is 116 Å². The first-order valence-electron chi connectivity index (χ1n) is 9.47. The SMILES string of the molecule is C=C1C(CNC=O)=C(n2c(C)cc(SCc3ccccc3)c(N)c2=O)C(N)=NC1C. The van der Waals surface area contributed by atoms with Crippen molar-refractivity contribution >= 4 is 35.4 Å². The zero-order chi connectivity index (χ0) is 21.8. The van der Waals surface area contributed by atoms with E-state index in [1.165, 1.54) is 16.3 Å². The molecule has 0 fully saturated rings. The van der Waals surface area contributed by atoms with E-state index >= 15 is 0 Å². The quantitative estimate of drug-likeness (QED) is 0.467. The molecule has 1 aliphatic heterocycles. The van der Waals surface area contributed by atoms with Gasteiger partial charge < -0.3 is 16.8 Å². The number of rotatable bonds is 7. The highest BCUT2D eigenvalue weighted by molar-refractivity contribution is 7.98. The number of nitrogens with two attached hydrogens (primary N) is 2. The number of nitrogens with zero attached hydrogens (tertiary/aromatic N) is 2. The van der Waals surface area contributed by atoms with Gasteiger partial charge in [-0.05, 0) is 31.1 Å². The average molecular weight is 424 g/mol. The van der Waals surface area contributed by atoms with Crippen LogP contribution in [0.15, 0.2) is 68.8 Å². The number of aryl methyl sites for hydroxylation is 1. The van der Waals surface area contributed by atoms with Crippen molar-refractivity contribution in [2.45, 2.75) is 30.5 Å². The van der Waals surface area contributed by atoms with Crippen molar-refractivity contribution in [3.63, 3.8) is 0 Å². The molecule has 5 N–H and O–H groups in total. The lowest BCUT2D eigenvalue weighted by atomic mass is 9.95. The van der Waals surface area contributed by atoms with E-state index in [4.69, 9.17) is 11.5 Å². The van der Waals surface area contributed by atoms with E-state index in [0.717, 1.165) is 5.56 Å². The summed E-state index contributed by atoms with van der Waals surface area (Å²) in [5.74, 6) is 0.912. The molecule has 1 aromatic carbocycles. The van der Waals surface area contributed by atoms with Crippen molar-refractivity contribution in [3.8, 4) is 0 Å². The lowest BCUT2D eigenvalue weighted by Crippen LogP contribution is -2.37. The molecule has 0 saturated carbocycles. The van der Waals surface area contributed by atoms with E-state index in [2.05, 4.69) is 16.9 Å². The zero-order valence-corrected chi connectivity index (χ0v) is 17.8. The van der Waals surface area contributed by atoms with Gasteiger partial charge in [-0.2, -0.15) is 0 Å². The van der Waals surface area contributed by atoms with E-state index in [1.54, 1.807) is 0 Å². The number of aromatic nitrogens is 1. The van der Waals surface area contributed by atoms with Gasteiger partial charge in [-0.3, -0.25) is 19.1 Å². The molecule has 156 valence electrons. The van der Waals surface area contributed by atoms with Crippen LogP contribution in [-0.2, 0) is 10.5 Å². The highest BCUT2D eigenvalue weighted by Crippen LogP contribution is 2.30. The minimum atomic E-state index is -0.371. The van der Waals surface area contributed by atoms with Crippen LogP contribution in [0, 0.1) is 6.92 Å². The van der Waals surface area contributed by atoms with Crippen LogP contribution in [0.2, 0.25) is 0 Å². The number of amides is 1. The Kier molecular flexibility index (Phi) is 6.47. The Hall–Kier alpha value is -3.26. The average Bonchev–Trinajstić information content (AvgIpc) is 2.73. The van der Waals surface area contributed by atoms with Crippen LogP contribution in [0.3, 0.4) is 0 Å². The summed E-state index contributed by atoms with van der Waals surface area (Å²) in [7, 11) is 0. The Morgan fingerprint density at radius 1 is 1.30 bits per heavy atom. The fraction of sp³-hybridized carbons (Fsp3) is 0.227. The molecule has 8 heteroatoms. The fourth-order valence-corrected chi connectivity index (χ4v) is 4.36. The third-order valence-electron chi connectivity index (χ3n) is 4.97. The molecule has 1 atom stereocenters. The first-order chi connectivity index (χ1) is 14.3. The summed E-state index contributed by atoms with van der Waals surface area (Å²) in [6, 6.07) is 11.6. The standard InChI is InChI=1S/C22H25N5O2S/c1-13-9-18(30-11-16-7-5-4-6-8-16)19(23)22(29)27(13)20-17(10-25-12-28)14(2)15(3)26-21(20)24/h4-9,12,15H,2,10-11,23H2,1,3H3,(H2,24,26)(H,25,28). The van der Waals surface area contributed by atoms with Gasteiger partial charge in [0, 0.05) is 28.5 Å². The molecule has 0 radical (unpaired) electrons. The molecule has 1 aliphatic rings. The Bertz CT molecular complexity index is 1100. The van der Waals surface area contributed by atoms with Crippen molar-refractivity contribution in [2.75, 3.05) is 12.3 Å². The van der Waals surface area contributed by atoms with Crippen molar-refractivity contribution in [2.24, 2.45) is 10.7 Å². The van der Waals surface area contributed by atoms with Gasteiger partial charge >= 0.3 is 0 Å². The number of amidine groups is 1. The number of carbonyl (C=O) groups is 1. The number of nitrogens with one attached hydrogen (secondary N) is 1. The maximum absolute atomic E-state index is 13.2. The van der Waals surface area contributed by atoms with Gasteiger partial charge in [0.05, 0.1) is 11.7 Å². The van der Waals surface area contributed by atoms with Gasteiger partial charge in [0.15, 0.2) is 0 Å². The largest absolute Gasteiger partial charge is 0.393 e. The Labute approximate surface area is 179 Å². The summed E-state index contributed by atoms with van der Waals surface area (Å²) >= 11 is 1.51. The van der Waals surface area contributed by atoms with Crippen LogP contribution in [0.25, 0.3) is 5.70 Å². The van der Waals surface area contributed by atoms with E-state index in [-0.39, 0.29) is 29.7 Å². The third kappa shape index (κ3) is 4.18. The molecule has 1 amide bonds. The molecule has 0 bridgehead atoms. The van der Waals surface area contributed by atoms with Gasteiger partial charge in [-0.1, -0.05) is 36.9 Å². The van der Waals surface area contributed by atoms with Crippen molar-refractivity contribution in [3.05, 3.63) is 75.7 Å². The van der Waals surface area contributed by atoms with Crippen LogP contribution in [0.5, 0.6) is 0 Å². The van der Waals surface area contributed by atoms with Gasteiger partial charge in [0.25, 0.3) is 5.56 Å². The monoisotopic (exact) mass is 423 g/mol. The molecule has 0 saturated heterocycles. The number of hydrogen-bond acceptors (Lipinski definition) is 6. The highest BCUT2D eigenvalue weighted by Gasteiger charge is 2.27. The van der Waals surface area contributed by atoms with Crippen molar-refractivity contribution < 1.29 is 4.79 Å². The Morgan fingerprint density at radius 2 is 2.00 bits per heavy atom. The van der Waals surface area contributed by atoms with E-state index in [9.17, 15) is 9.59 Å². The molecule has 0 aliphatic carbocycles. The second-order valence-corrected chi connectivity index (χ2v) is 8.04. The summed E-state index contributed by atoms with van der Waals surface area (Å²) < 4.78 is 1.46. The maximum Gasteiger partial charge on any atom is 0.279 e. The number of carbonyl (C=O) groups excluding carboxylic acids is 1. The van der Waals surface area contributed by atoms with Crippen molar-refractivity contribution in [1.82, 2.24) is 9.88 Å².